The second kappa shape index (κ2) is 9.36. The van der Waals surface area contributed by atoms with Gasteiger partial charge in [-0.25, -0.2) is 0 Å². The number of carbonyl (C=O) groups is 1. The monoisotopic (exact) mass is 378 g/mol. The Morgan fingerprint density at radius 2 is 1.71 bits per heavy atom. The number of carbonyl (C=O) groups excluding carboxylic acids is 1. The summed E-state index contributed by atoms with van der Waals surface area (Å²) in [7, 11) is 1.60. The van der Waals surface area contributed by atoms with E-state index in [1.54, 1.807) is 19.2 Å². The quantitative estimate of drug-likeness (QED) is 0.623. The van der Waals surface area contributed by atoms with Crippen LogP contribution in [0, 0.1) is 0 Å². The predicted octanol–water partition coefficient (Wildman–Crippen LogP) is 3.56. The molecule has 0 radical (unpaired) electrons. The van der Waals surface area contributed by atoms with Gasteiger partial charge in [0.15, 0.2) is 11.5 Å². The number of methoxy groups -OCH3 is 1. The van der Waals surface area contributed by atoms with Crippen LogP contribution in [0.3, 0.4) is 0 Å². The molecule has 0 aliphatic carbocycles. The van der Waals surface area contributed by atoms with Crippen molar-refractivity contribution in [2.24, 2.45) is 0 Å². The van der Waals surface area contributed by atoms with Crippen LogP contribution in [0.25, 0.3) is 0 Å². The Hall–Kier alpha value is -3.61. The highest BCUT2D eigenvalue weighted by Crippen LogP contribution is 2.26. The number of rotatable bonds is 8. The summed E-state index contributed by atoms with van der Waals surface area (Å²) in [6.45, 7) is 2.83. The van der Waals surface area contributed by atoms with Crippen molar-refractivity contribution in [3.05, 3.63) is 71.9 Å². The van der Waals surface area contributed by atoms with Gasteiger partial charge in [0.2, 0.25) is 0 Å². The maximum absolute atomic E-state index is 12.3. The summed E-state index contributed by atoms with van der Waals surface area (Å²) in [5.41, 5.74) is 1.91. The van der Waals surface area contributed by atoms with Crippen molar-refractivity contribution >= 4 is 17.4 Å². The van der Waals surface area contributed by atoms with Gasteiger partial charge >= 0.3 is 0 Å². The third-order valence-electron chi connectivity index (χ3n) is 3.98. The molecule has 2 N–H and O–H groups in total. The minimum absolute atomic E-state index is 0.235. The first kappa shape index (κ1) is 19.2. The van der Waals surface area contributed by atoms with E-state index in [1.807, 2.05) is 55.5 Å². The summed E-state index contributed by atoms with van der Waals surface area (Å²) in [5.74, 6) is 1.67. The average molecular weight is 378 g/mol. The van der Waals surface area contributed by atoms with Crippen molar-refractivity contribution in [1.82, 2.24) is 15.5 Å². The molecule has 28 heavy (non-hydrogen) atoms. The number of hydrogen-bond acceptors (Lipinski definition) is 6. The van der Waals surface area contributed by atoms with Gasteiger partial charge in [-0.05, 0) is 37.3 Å². The molecule has 3 rings (SSSR count). The van der Waals surface area contributed by atoms with Gasteiger partial charge in [0.25, 0.3) is 5.91 Å². The second-order valence-corrected chi connectivity index (χ2v) is 5.85. The van der Waals surface area contributed by atoms with Crippen LogP contribution in [-0.4, -0.2) is 29.8 Å². The summed E-state index contributed by atoms with van der Waals surface area (Å²) >= 11 is 0. The molecule has 7 heteroatoms. The van der Waals surface area contributed by atoms with Crippen molar-refractivity contribution in [2.45, 2.75) is 13.5 Å². The molecule has 0 unspecified atom stereocenters. The van der Waals surface area contributed by atoms with Crippen molar-refractivity contribution in [3.8, 4) is 11.5 Å². The Morgan fingerprint density at radius 3 is 2.43 bits per heavy atom. The minimum Gasteiger partial charge on any atom is -0.496 e. The number of ether oxygens (including phenoxy) is 2. The van der Waals surface area contributed by atoms with Crippen molar-refractivity contribution < 1.29 is 14.3 Å². The molecule has 7 nitrogen and oxygen atoms in total. The van der Waals surface area contributed by atoms with E-state index in [-0.39, 0.29) is 11.6 Å². The topological polar surface area (TPSA) is 85.4 Å². The summed E-state index contributed by atoms with van der Waals surface area (Å²) < 4.78 is 10.9. The Balaban J connectivity index is 1.63. The van der Waals surface area contributed by atoms with E-state index in [4.69, 9.17) is 9.47 Å². The lowest BCUT2D eigenvalue weighted by atomic mass is 10.2. The first-order valence-electron chi connectivity index (χ1n) is 8.94. The van der Waals surface area contributed by atoms with Gasteiger partial charge < -0.3 is 20.1 Å². The first-order valence-corrected chi connectivity index (χ1v) is 8.94. The maximum atomic E-state index is 12.3. The van der Waals surface area contributed by atoms with Crippen molar-refractivity contribution in [3.63, 3.8) is 0 Å². The van der Waals surface area contributed by atoms with Gasteiger partial charge in [-0.1, -0.05) is 30.3 Å². The number of para-hydroxylation sites is 3. The van der Waals surface area contributed by atoms with E-state index in [2.05, 4.69) is 20.8 Å². The van der Waals surface area contributed by atoms with Gasteiger partial charge in [-0.3, -0.25) is 4.79 Å². The second-order valence-electron chi connectivity index (χ2n) is 5.85. The molecule has 0 aliphatic rings. The number of nitrogens with zero attached hydrogens (tertiary/aromatic N) is 2. The van der Waals surface area contributed by atoms with E-state index >= 15 is 0 Å². The van der Waals surface area contributed by atoms with E-state index in [0.29, 0.717) is 19.0 Å². The molecule has 1 aromatic heterocycles. The van der Waals surface area contributed by atoms with Crippen molar-refractivity contribution in [1.29, 1.82) is 0 Å². The highest BCUT2D eigenvalue weighted by atomic mass is 16.5. The molecular weight excluding hydrogens is 356 g/mol. The zero-order valence-electron chi connectivity index (χ0n) is 15.8. The number of aromatic nitrogens is 2. The SMILES string of the molecule is CCOc1ccccc1Nc1ccc(C(=O)NCc2ccccc2OC)nn1. The number of amides is 1. The van der Waals surface area contributed by atoms with Crippen LogP contribution >= 0.6 is 0 Å². The molecule has 1 heterocycles. The van der Waals surface area contributed by atoms with E-state index in [0.717, 1.165) is 22.7 Å². The summed E-state index contributed by atoms with van der Waals surface area (Å²) in [6.07, 6.45) is 0. The Kier molecular flexibility index (Phi) is 6.41. The molecule has 2 aromatic carbocycles. The van der Waals surface area contributed by atoms with Gasteiger partial charge in [0.1, 0.15) is 11.5 Å². The number of benzene rings is 2. The van der Waals surface area contributed by atoms with Crippen LogP contribution in [0.15, 0.2) is 60.7 Å². The summed E-state index contributed by atoms with van der Waals surface area (Å²) in [5, 5.41) is 14.1. The molecule has 0 atom stereocenters. The number of hydrogen-bond donors (Lipinski definition) is 2. The lowest BCUT2D eigenvalue weighted by Crippen LogP contribution is -2.24. The van der Waals surface area contributed by atoms with Crippen LogP contribution < -0.4 is 20.1 Å². The molecular formula is C21H22N4O3. The fourth-order valence-electron chi connectivity index (χ4n) is 2.62. The normalized spacial score (nSPS) is 10.2. The molecule has 3 aromatic rings. The lowest BCUT2D eigenvalue weighted by molar-refractivity contribution is 0.0944. The highest BCUT2D eigenvalue weighted by Gasteiger charge is 2.10. The summed E-state index contributed by atoms with van der Waals surface area (Å²) in [6, 6.07) is 18.4. The highest BCUT2D eigenvalue weighted by molar-refractivity contribution is 5.92. The molecule has 0 fully saturated rings. The molecule has 0 bridgehead atoms. The van der Waals surface area contributed by atoms with Gasteiger partial charge in [-0.2, -0.15) is 0 Å². The molecule has 0 spiro atoms. The molecule has 0 aliphatic heterocycles. The largest absolute Gasteiger partial charge is 0.496 e. The minimum atomic E-state index is -0.306. The first-order chi connectivity index (χ1) is 13.7. The average Bonchev–Trinajstić information content (AvgIpc) is 2.74. The fourth-order valence-corrected chi connectivity index (χ4v) is 2.62. The molecule has 0 saturated heterocycles. The fraction of sp³-hybridized carbons (Fsp3) is 0.190. The van der Waals surface area contributed by atoms with E-state index < -0.39 is 0 Å². The standard InChI is InChI=1S/C21H22N4O3/c1-3-28-19-11-7-5-9-16(19)23-20-13-12-17(24-25-20)21(26)22-14-15-8-4-6-10-18(15)27-2/h4-13H,3,14H2,1-2H3,(H,22,26)(H,23,25). The van der Waals surface area contributed by atoms with Gasteiger partial charge in [0.05, 0.1) is 19.4 Å². The van der Waals surface area contributed by atoms with Crippen LogP contribution in [0.4, 0.5) is 11.5 Å². The maximum Gasteiger partial charge on any atom is 0.272 e. The summed E-state index contributed by atoms with van der Waals surface area (Å²) in [4.78, 5) is 12.3. The van der Waals surface area contributed by atoms with E-state index in [1.165, 1.54) is 0 Å². The smallest absolute Gasteiger partial charge is 0.272 e. The third-order valence-corrected chi connectivity index (χ3v) is 3.98. The lowest BCUT2D eigenvalue weighted by Gasteiger charge is -2.11. The Labute approximate surface area is 163 Å². The van der Waals surface area contributed by atoms with Gasteiger partial charge in [-0.15, -0.1) is 10.2 Å². The number of anilines is 2. The Bertz CT molecular complexity index is 929. The zero-order chi connectivity index (χ0) is 19.8. The number of nitrogens with one attached hydrogen (secondary N) is 2. The van der Waals surface area contributed by atoms with Crippen LogP contribution in [0.2, 0.25) is 0 Å². The van der Waals surface area contributed by atoms with Crippen LogP contribution in [0.1, 0.15) is 23.0 Å². The molecule has 0 saturated carbocycles. The predicted molar refractivity (Wildman–Crippen MR) is 107 cm³/mol. The van der Waals surface area contributed by atoms with Crippen LogP contribution in [-0.2, 0) is 6.54 Å². The third kappa shape index (κ3) is 4.76. The molecule has 1 amide bonds. The molecule has 144 valence electrons. The Morgan fingerprint density at radius 1 is 0.964 bits per heavy atom. The van der Waals surface area contributed by atoms with E-state index in [9.17, 15) is 4.79 Å². The van der Waals surface area contributed by atoms with Crippen LogP contribution in [0.5, 0.6) is 11.5 Å². The van der Waals surface area contributed by atoms with Gasteiger partial charge in [0, 0.05) is 12.1 Å². The zero-order valence-corrected chi connectivity index (χ0v) is 15.8. The van der Waals surface area contributed by atoms with Crippen molar-refractivity contribution in [2.75, 3.05) is 19.0 Å².